The van der Waals surface area contributed by atoms with Gasteiger partial charge in [0.25, 0.3) is 0 Å². The van der Waals surface area contributed by atoms with E-state index in [0.717, 1.165) is 37.8 Å². The van der Waals surface area contributed by atoms with Crippen molar-refractivity contribution in [3.8, 4) is 5.75 Å². The Kier molecular flexibility index (Phi) is 4.27. The molecule has 1 aromatic rings. The molecule has 0 amide bonds. The molecule has 3 rings (SSSR count). The summed E-state index contributed by atoms with van der Waals surface area (Å²) >= 11 is 0. The molecule has 2 aliphatic rings. The molecule has 2 unspecified atom stereocenters. The molecule has 1 saturated carbocycles. The van der Waals surface area contributed by atoms with Gasteiger partial charge in [-0.25, -0.2) is 0 Å². The minimum absolute atomic E-state index is 0.304. The first-order chi connectivity index (χ1) is 9.83. The van der Waals surface area contributed by atoms with Gasteiger partial charge >= 0.3 is 0 Å². The molecule has 0 bridgehead atoms. The highest BCUT2D eigenvalue weighted by Crippen LogP contribution is 2.41. The molecule has 0 radical (unpaired) electrons. The van der Waals surface area contributed by atoms with Crippen molar-refractivity contribution in [2.75, 3.05) is 19.8 Å². The van der Waals surface area contributed by atoms with Crippen LogP contribution >= 0.6 is 0 Å². The van der Waals surface area contributed by atoms with Crippen LogP contribution in [0, 0.1) is 5.92 Å². The van der Waals surface area contributed by atoms with Gasteiger partial charge < -0.3 is 14.8 Å². The minimum Gasteiger partial charge on any atom is -0.493 e. The normalized spacial score (nSPS) is 20.3. The van der Waals surface area contributed by atoms with E-state index in [1.807, 2.05) is 0 Å². The van der Waals surface area contributed by atoms with Crippen molar-refractivity contribution >= 4 is 0 Å². The van der Waals surface area contributed by atoms with Crippen LogP contribution in [-0.2, 0) is 11.2 Å². The Morgan fingerprint density at radius 1 is 1.35 bits per heavy atom. The third kappa shape index (κ3) is 2.84. The Bertz CT molecular complexity index is 456. The number of benzene rings is 1. The Morgan fingerprint density at radius 2 is 2.20 bits per heavy atom. The lowest BCUT2D eigenvalue weighted by Gasteiger charge is -2.28. The summed E-state index contributed by atoms with van der Waals surface area (Å²) in [5.74, 6) is 1.78. The Morgan fingerprint density at radius 3 is 2.90 bits per heavy atom. The lowest BCUT2D eigenvalue weighted by Crippen LogP contribution is -2.35. The molecule has 1 aliphatic heterocycles. The van der Waals surface area contributed by atoms with Crippen LogP contribution in [-0.4, -0.2) is 25.9 Å². The topological polar surface area (TPSA) is 30.5 Å². The van der Waals surface area contributed by atoms with Crippen LogP contribution in [0.1, 0.15) is 43.9 Å². The molecular weight excluding hydrogens is 250 g/mol. The van der Waals surface area contributed by atoms with Crippen LogP contribution < -0.4 is 10.1 Å². The lowest BCUT2D eigenvalue weighted by molar-refractivity contribution is 0.0189. The van der Waals surface area contributed by atoms with Crippen LogP contribution in [0.3, 0.4) is 0 Å². The van der Waals surface area contributed by atoms with Crippen molar-refractivity contribution in [1.29, 1.82) is 0 Å². The molecule has 0 spiro atoms. The summed E-state index contributed by atoms with van der Waals surface area (Å²) in [5, 5.41) is 3.63. The second-order valence-corrected chi connectivity index (χ2v) is 5.76. The fourth-order valence-electron chi connectivity index (χ4n) is 3.17. The van der Waals surface area contributed by atoms with Gasteiger partial charge in [-0.05, 0) is 49.4 Å². The molecule has 3 nitrogen and oxygen atoms in total. The number of hydrogen-bond donors (Lipinski definition) is 1. The monoisotopic (exact) mass is 275 g/mol. The zero-order valence-corrected chi connectivity index (χ0v) is 12.5. The molecule has 20 heavy (non-hydrogen) atoms. The standard InChI is InChI=1S/C17H25NO2/c1-3-18-16(17(19-4-2)12-5-6-12)14-7-8-15-13(11-14)9-10-20-15/h7-8,11-12,16-18H,3-6,9-10H2,1-2H3. The minimum atomic E-state index is 0.304. The van der Waals surface area contributed by atoms with Crippen molar-refractivity contribution in [2.24, 2.45) is 5.92 Å². The Balaban J connectivity index is 1.84. The summed E-state index contributed by atoms with van der Waals surface area (Å²) in [6, 6.07) is 6.94. The van der Waals surface area contributed by atoms with E-state index in [1.54, 1.807) is 0 Å². The zero-order valence-electron chi connectivity index (χ0n) is 12.5. The maximum absolute atomic E-state index is 6.06. The summed E-state index contributed by atoms with van der Waals surface area (Å²) in [5.41, 5.74) is 2.69. The van der Waals surface area contributed by atoms with Gasteiger partial charge in [0.2, 0.25) is 0 Å². The van der Waals surface area contributed by atoms with Gasteiger partial charge in [0.15, 0.2) is 0 Å². The van der Waals surface area contributed by atoms with Crippen LogP contribution in [0.4, 0.5) is 0 Å². The van der Waals surface area contributed by atoms with E-state index in [9.17, 15) is 0 Å². The molecule has 3 heteroatoms. The van der Waals surface area contributed by atoms with Gasteiger partial charge in [0.1, 0.15) is 5.75 Å². The summed E-state index contributed by atoms with van der Waals surface area (Å²) < 4.78 is 11.7. The van der Waals surface area contributed by atoms with Crippen molar-refractivity contribution in [3.63, 3.8) is 0 Å². The number of ether oxygens (including phenoxy) is 2. The van der Waals surface area contributed by atoms with Crippen LogP contribution in [0.15, 0.2) is 18.2 Å². The van der Waals surface area contributed by atoms with Crippen LogP contribution in [0.5, 0.6) is 5.75 Å². The smallest absolute Gasteiger partial charge is 0.122 e. The molecular formula is C17H25NO2. The largest absolute Gasteiger partial charge is 0.493 e. The van der Waals surface area contributed by atoms with Crippen molar-refractivity contribution in [2.45, 2.75) is 45.3 Å². The van der Waals surface area contributed by atoms with Crippen molar-refractivity contribution in [1.82, 2.24) is 5.32 Å². The molecule has 1 fully saturated rings. The van der Waals surface area contributed by atoms with E-state index < -0.39 is 0 Å². The second kappa shape index (κ2) is 6.15. The number of rotatable bonds is 7. The van der Waals surface area contributed by atoms with E-state index in [-0.39, 0.29) is 0 Å². The summed E-state index contributed by atoms with van der Waals surface area (Å²) in [6.07, 6.45) is 3.95. The molecule has 0 aromatic heterocycles. The number of nitrogens with one attached hydrogen (secondary N) is 1. The molecule has 1 aromatic carbocycles. The quantitative estimate of drug-likeness (QED) is 0.829. The number of fused-ring (bicyclic) bond motifs is 1. The van der Waals surface area contributed by atoms with Gasteiger partial charge in [-0.2, -0.15) is 0 Å². The highest BCUT2D eigenvalue weighted by Gasteiger charge is 2.37. The predicted octanol–water partition coefficient (Wildman–Crippen LogP) is 3.09. The fraction of sp³-hybridized carbons (Fsp3) is 0.647. The third-order valence-corrected chi connectivity index (χ3v) is 4.27. The van der Waals surface area contributed by atoms with Gasteiger partial charge in [0, 0.05) is 13.0 Å². The summed E-state index contributed by atoms with van der Waals surface area (Å²) in [7, 11) is 0. The van der Waals surface area contributed by atoms with Gasteiger partial charge in [-0.1, -0.05) is 19.1 Å². The second-order valence-electron chi connectivity index (χ2n) is 5.76. The average Bonchev–Trinajstić information content (AvgIpc) is 3.19. The van der Waals surface area contributed by atoms with E-state index in [1.165, 1.54) is 24.0 Å². The maximum atomic E-state index is 6.06. The maximum Gasteiger partial charge on any atom is 0.122 e. The first-order valence-corrected chi connectivity index (χ1v) is 7.94. The van der Waals surface area contributed by atoms with Crippen LogP contribution in [0.2, 0.25) is 0 Å². The zero-order chi connectivity index (χ0) is 13.9. The number of likely N-dealkylation sites (N-methyl/N-ethyl adjacent to an activating group) is 1. The lowest BCUT2D eigenvalue weighted by atomic mass is 9.95. The van der Waals surface area contributed by atoms with E-state index in [4.69, 9.17) is 9.47 Å². The van der Waals surface area contributed by atoms with Crippen molar-refractivity contribution < 1.29 is 9.47 Å². The van der Waals surface area contributed by atoms with Gasteiger partial charge in [-0.15, -0.1) is 0 Å². The Labute approximate surface area is 121 Å². The van der Waals surface area contributed by atoms with E-state index in [2.05, 4.69) is 37.4 Å². The first kappa shape index (κ1) is 13.9. The summed E-state index contributed by atoms with van der Waals surface area (Å²) in [6.45, 7) is 6.84. The Hall–Kier alpha value is -1.06. The molecule has 1 N–H and O–H groups in total. The van der Waals surface area contributed by atoms with Gasteiger partial charge in [-0.3, -0.25) is 0 Å². The molecule has 1 aliphatic carbocycles. The SMILES string of the molecule is CCNC(c1ccc2c(c1)CCO2)C(OCC)C1CC1. The molecule has 110 valence electrons. The molecule has 0 saturated heterocycles. The van der Waals surface area contributed by atoms with Gasteiger partial charge in [0.05, 0.1) is 18.8 Å². The van der Waals surface area contributed by atoms with Crippen LogP contribution in [0.25, 0.3) is 0 Å². The van der Waals surface area contributed by atoms with Crippen molar-refractivity contribution in [3.05, 3.63) is 29.3 Å². The molecule has 1 heterocycles. The third-order valence-electron chi connectivity index (χ3n) is 4.27. The highest BCUT2D eigenvalue weighted by molar-refractivity contribution is 5.41. The highest BCUT2D eigenvalue weighted by atomic mass is 16.5. The average molecular weight is 275 g/mol. The molecule has 2 atom stereocenters. The van der Waals surface area contributed by atoms with E-state index >= 15 is 0 Å². The number of hydrogen-bond acceptors (Lipinski definition) is 3. The first-order valence-electron chi connectivity index (χ1n) is 7.94. The fourth-order valence-corrected chi connectivity index (χ4v) is 3.17. The summed E-state index contributed by atoms with van der Waals surface area (Å²) in [4.78, 5) is 0. The predicted molar refractivity (Wildman–Crippen MR) is 80.2 cm³/mol. The van der Waals surface area contributed by atoms with E-state index in [0.29, 0.717) is 12.1 Å².